The highest BCUT2D eigenvalue weighted by Crippen LogP contribution is 2.14. The van der Waals surface area contributed by atoms with E-state index >= 15 is 0 Å². The van der Waals surface area contributed by atoms with Crippen LogP contribution in [0, 0.1) is 0 Å². The summed E-state index contributed by atoms with van der Waals surface area (Å²) in [5.41, 5.74) is 6.19. The van der Waals surface area contributed by atoms with E-state index in [1.165, 1.54) is 0 Å². The van der Waals surface area contributed by atoms with Crippen LogP contribution in [-0.2, 0) is 14.8 Å². The summed E-state index contributed by atoms with van der Waals surface area (Å²) in [5, 5.41) is 0. The zero-order chi connectivity index (χ0) is 15.0. The van der Waals surface area contributed by atoms with Crippen molar-refractivity contribution in [2.24, 2.45) is 0 Å². The predicted octanol–water partition coefficient (Wildman–Crippen LogP) is 0.992. The van der Waals surface area contributed by atoms with Gasteiger partial charge in [0.25, 0.3) is 0 Å². The summed E-state index contributed by atoms with van der Waals surface area (Å²) in [6.45, 7) is 2.32. The van der Waals surface area contributed by atoms with Gasteiger partial charge < -0.3 is 15.2 Å². The van der Waals surface area contributed by atoms with E-state index in [4.69, 9.17) is 15.2 Å². The van der Waals surface area contributed by atoms with Gasteiger partial charge in [0.15, 0.2) is 0 Å². The highest BCUT2D eigenvalue weighted by Gasteiger charge is 2.16. The number of methoxy groups -OCH3 is 1. The van der Waals surface area contributed by atoms with Crippen LogP contribution in [0.4, 0.5) is 5.69 Å². The first-order valence-corrected chi connectivity index (χ1v) is 8.09. The lowest BCUT2D eigenvalue weighted by Crippen LogP contribution is -2.39. The van der Waals surface area contributed by atoms with Gasteiger partial charge in [-0.05, 0) is 18.6 Å². The number of ether oxygens (including phenoxy) is 2. The largest absolute Gasteiger partial charge is 0.492 e. The summed E-state index contributed by atoms with van der Waals surface area (Å²) in [4.78, 5) is 0. The molecule has 7 heteroatoms. The number of hydrogen-bond donors (Lipinski definition) is 2. The average Bonchev–Trinajstić information content (AvgIpc) is 2.38. The molecule has 0 saturated heterocycles. The molecule has 1 aromatic carbocycles. The summed E-state index contributed by atoms with van der Waals surface area (Å²) in [6, 6.07) is 6.67. The van der Waals surface area contributed by atoms with E-state index in [1.54, 1.807) is 31.4 Å². The van der Waals surface area contributed by atoms with E-state index < -0.39 is 10.0 Å². The standard InChI is InChI=1S/C13H22N2O4S/c1-3-12(10-18-2)15-20(16,17)8-7-19-13-6-4-5-11(14)9-13/h4-6,9,12,15H,3,7-8,10,14H2,1-2H3. The molecule has 0 aliphatic heterocycles. The molecule has 0 spiro atoms. The minimum absolute atomic E-state index is 0.0716. The van der Waals surface area contributed by atoms with E-state index in [0.29, 0.717) is 24.5 Å². The Morgan fingerprint density at radius 2 is 2.15 bits per heavy atom. The molecule has 1 aromatic rings. The van der Waals surface area contributed by atoms with Crippen LogP contribution in [0.2, 0.25) is 0 Å². The highest BCUT2D eigenvalue weighted by atomic mass is 32.2. The Morgan fingerprint density at radius 3 is 2.75 bits per heavy atom. The molecule has 20 heavy (non-hydrogen) atoms. The van der Waals surface area contributed by atoms with Gasteiger partial charge in [0.1, 0.15) is 12.4 Å². The molecule has 0 amide bonds. The average molecular weight is 302 g/mol. The maximum absolute atomic E-state index is 11.9. The second kappa shape index (κ2) is 8.08. The van der Waals surface area contributed by atoms with Crippen molar-refractivity contribution in [3.05, 3.63) is 24.3 Å². The molecule has 114 valence electrons. The van der Waals surface area contributed by atoms with Crippen LogP contribution in [0.15, 0.2) is 24.3 Å². The second-order valence-corrected chi connectivity index (χ2v) is 6.29. The Morgan fingerprint density at radius 1 is 1.40 bits per heavy atom. The summed E-state index contributed by atoms with van der Waals surface area (Å²) in [7, 11) is -1.84. The van der Waals surface area contributed by atoms with Crippen LogP contribution in [0.5, 0.6) is 5.75 Å². The van der Waals surface area contributed by atoms with Gasteiger partial charge in [0.05, 0.1) is 12.4 Å². The van der Waals surface area contributed by atoms with Crippen molar-refractivity contribution >= 4 is 15.7 Å². The van der Waals surface area contributed by atoms with Gasteiger partial charge in [-0.25, -0.2) is 13.1 Å². The number of nitrogens with two attached hydrogens (primary N) is 1. The number of nitrogens with one attached hydrogen (secondary N) is 1. The van der Waals surface area contributed by atoms with E-state index in [9.17, 15) is 8.42 Å². The molecule has 0 bridgehead atoms. The van der Waals surface area contributed by atoms with E-state index in [1.807, 2.05) is 6.92 Å². The number of sulfonamides is 1. The fourth-order valence-corrected chi connectivity index (χ4v) is 2.79. The summed E-state index contributed by atoms with van der Waals surface area (Å²) in [6.07, 6.45) is 0.670. The normalized spacial score (nSPS) is 13.1. The minimum atomic E-state index is -3.38. The van der Waals surface area contributed by atoms with Crippen molar-refractivity contribution in [3.63, 3.8) is 0 Å². The topological polar surface area (TPSA) is 90.6 Å². The van der Waals surface area contributed by atoms with Crippen molar-refractivity contribution in [3.8, 4) is 5.75 Å². The van der Waals surface area contributed by atoms with Crippen LogP contribution >= 0.6 is 0 Å². The number of benzene rings is 1. The molecule has 0 aliphatic carbocycles. The lowest BCUT2D eigenvalue weighted by atomic mass is 10.3. The summed E-state index contributed by atoms with van der Waals surface area (Å²) in [5.74, 6) is 0.450. The van der Waals surface area contributed by atoms with Gasteiger partial charge in [-0.2, -0.15) is 0 Å². The lowest BCUT2D eigenvalue weighted by molar-refractivity contribution is 0.173. The van der Waals surface area contributed by atoms with Gasteiger partial charge in [-0.1, -0.05) is 13.0 Å². The van der Waals surface area contributed by atoms with E-state index in [2.05, 4.69) is 4.72 Å². The number of rotatable bonds is 9. The van der Waals surface area contributed by atoms with Crippen LogP contribution in [0.25, 0.3) is 0 Å². The third kappa shape index (κ3) is 6.23. The summed E-state index contributed by atoms with van der Waals surface area (Å²) < 4.78 is 36.6. The Kier molecular flexibility index (Phi) is 6.77. The smallest absolute Gasteiger partial charge is 0.215 e. The highest BCUT2D eigenvalue weighted by molar-refractivity contribution is 7.89. The first-order chi connectivity index (χ1) is 9.46. The molecule has 0 radical (unpaired) electrons. The molecule has 0 fully saturated rings. The molecule has 1 unspecified atom stereocenters. The first kappa shape index (κ1) is 16.7. The molecule has 0 aliphatic rings. The predicted molar refractivity (Wildman–Crippen MR) is 79.2 cm³/mol. The van der Waals surface area contributed by atoms with Crippen LogP contribution in [-0.4, -0.2) is 40.5 Å². The lowest BCUT2D eigenvalue weighted by Gasteiger charge is -2.16. The van der Waals surface area contributed by atoms with Gasteiger partial charge in [-0.15, -0.1) is 0 Å². The molecular weight excluding hydrogens is 280 g/mol. The quantitative estimate of drug-likeness (QED) is 0.664. The molecule has 1 atom stereocenters. The number of hydrogen-bond acceptors (Lipinski definition) is 5. The second-order valence-electron chi connectivity index (χ2n) is 4.42. The van der Waals surface area contributed by atoms with Crippen LogP contribution < -0.4 is 15.2 Å². The molecule has 0 aromatic heterocycles. The van der Waals surface area contributed by atoms with Crippen molar-refractivity contribution in [2.75, 3.05) is 31.8 Å². The molecule has 6 nitrogen and oxygen atoms in total. The van der Waals surface area contributed by atoms with Crippen molar-refractivity contribution in [1.29, 1.82) is 0 Å². The van der Waals surface area contributed by atoms with E-state index in [-0.39, 0.29) is 18.4 Å². The zero-order valence-electron chi connectivity index (χ0n) is 11.8. The summed E-state index contributed by atoms with van der Waals surface area (Å²) >= 11 is 0. The number of nitrogen functional groups attached to an aromatic ring is 1. The monoisotopic (exact) mass is 302 g/mol. The van der Waals surface area contributed by atoms with Gasteiger partial charge in [0, 0.05) is 24.9 Å². The fourth-order valence-electron chi connectivity index (χ4n) is 1.62. The Labute approximate surface area is 120 Å². The Balaban J connectivity index is 2.43. The van der Waals surface area contributed by atoms with Crippen molar-refractivity contribution < 1.29 is 17.9 Å². The van der Waals surface area contributed by atoms with Gasteiger partial charge in [-0.3, -0.25) is 0 Å². The van der Waals surface area contributed by atoms with Gasteiger partial charge in [0.2, 0.25) is 10.0 Å². The Hall–Kier alpha value is -1.31. The third-order valence-electron chi connectivity index (χ3n) is 2.69. The van der Waals surface area contributed by atoms with Crippen molar-refractivity contribution in [2.45, 2.75) is 19.4 Å². The zero-order valence-corrected chi connectivity index (χ0v) is 12.7. The fraction of sp³-hybridized carbons (Fsp3) is 0.538. The first-order valence-electron chi connectivity index (χ1n) is 6.44. The molecule has 0 heterocycles. The molecule has 0 saturated carbocycles. The van der Waals surface area contributed by atoms with Gasteiger partial charge >= 0.3 is 0 Å². The minimum Gasteiger partial charge on any atom is -0.492 e. The number of anilines is 1. The van der Waals surface area contributed by atoms with E-state index in [0.717, 1.165) is 0 Å². The SMILES string of the molecule is CCC(COC)NS(=O)(=O)CCOc1cccc(N)c1. The van der Waals surface area contributed by atoms with Crippen LogP contribution in [0.1, 0.15) is 13.3 Å². The van der Waals surface area contributed by atoms with Crippen molar-refractivity contribution in [1.82, 2.24) is 4.72 Å². The molecular formula is C13H22N2O4S. The molecule has 1 rings (SSSR count). The Bertz CT molecular complexity index is 505. The maximum Gasteiger partial charge on any atom is 0.215 e. The maximum atomic E-state index is 11.9. The molecule has 3 N–H and O–H groups in total. The third-order valence-corrected chi connectivity index (χ3v) is 4.08. The van der Waals surface area contributed by atoms with Crippen LogP contribution in [0.3, 0.4) is 0 Å².